The summed E-state index contributed by atoms with van der Waals surface area (Å²) in [6.45, 7) is 3.70. The fraction of sp³-hybridized carbons (Fsp3) is 0.556. The lowest BCUT2D eigenvalue weighted by Crippen LogP contribution is -2.64. The number of carbonyl (C=O) groups excluding carboxylic acids is 2. The van der Waals surface area contributed by atoms with Gasteiger partial charge in [0.05, 0.1) is 12.5 Å². The molecule has 1 aromatic carbocycles. The Morgan fingerprint density at radius 2 is 1.82 bits per heavy atom. The molecule has 0 aromatic heterocycles. The third-order valence-corrected chi connectivity index (χ3v) is 4.98. The van der Waals surface area contributed by atoms with Gasteiger partial charge in [0.2, 0.25) is 11.8 Å². The quantitative estimate of drug-likeness (QED) is 0.869. The van der Waals surface area contributed by atoms with Crippen LogP contribution in [0.15, 0.2) is 30.3 Å². The molecule has 2 fully saturated rings. The molecular weight excluding hydrogens is 276 g/mol. The van der Waals surface area contributed by atoms with Crippen LogP contribution in [-0.2, 0) is 9.59 Å². The van der Waals surface area contributed by atoms with E-state index < -0.39 is 5.54 Å². The van der Waals surface area contributed by atoms with E-state index in [-0.39, 0.29) is 23.9 Å². The van der Waals surface area contributed by atoms with Crippen LogP contribution in [0.25, 0.3) is 0 Å². The van der Waals surface area contributed by atoms with Gasteiger partial charge in [-0.3, -0.25) is 9.59 Å². The van der Waals surface area contributed by atoms with Crippen molar-refractivity contribution in [3.8, 4) is 0 Å². The first-order chi connectivity index (χ1) is 10.5. The Balaban J connectivity index is 1.74. The van der Waals surface area contributed by atoms with Crippen LogP contribution in [0.3, 0.4) is 0 Å². The topological polar surface area (TPSA) is 49.4 Å². The third-order valence-electron chi connectivity index (χ3n) is 4.98. The van der Waals surface area contributed by atoms with Crippen molar-refractivity contribution in [2.75, 3.05) is 0 Å². The van der Waals surface area contributed by atoms with Gasteiger partial charge in [0.15, 0.2) is 0 Å². The zero-order valence-electron chi connectivity index (χ0n) is 13.3. The predicted molar refractivity (Wildman–Crippen MR) is 85.1 cm³/mol. The Labute approximate surface area is 131 Å². The first-order valence-electron chi connectivity index (χ1n) is 8.18. The molecule has 22 heavy (non-hydrogen) atoms. The largest absolute Gasteiger partial charge is 0.351 e. The molecule has 1 N–H and O–H groups in total. The number of rotatable bonds is 4. The summed E-state index contributed by atoms with van der Waals surface area (Å²) < 4.78 is 0. The van der Waals surface area contributed by atoms with Crippen LogP contribution in [0.2, 0.25) is 0 Å². The molecule has 1 aromatic rings. The van der Waals surface area contributed by atoms with Gasteiger partial charge in [-0.25, -0.2) is 0 Å². The molecule has 118 valence electrons. The van der Waals surface area contributed by atoms with Gasteiger partial charge >= 0.3 is 0 Å². The smallest absolute Gasteiger partial charge is 0.245 e. The number of β-lactam (4-membered cyclic amide) rings is 1. The molecule has 1 saturated heterocycles. The van der Waals surface area contributed by atoms with Crippen molar-refractivity contribution in [2.45, 2.75) is 63.6 Å². The maximum absolute atomic E-state index is 12.7. The number of hydrogen-bond acceptors (Lipinski definition) is 2. The van der Waals surface area contributed by atoms with Gasteiger partial charge in [-0.05, 0) is 32.3 Å². The summed E-state index contributed by atoms with van der Waals surface area (Å²) in [6.07, 6.45) is 4.96. The molecule has 1 unspecified atom stereocenters. The Morgan fingerprint density at radius 1 is 1.18 bits per heavy atom. The summed E-state index contributed by atoms with van der Waals surface area (Å²) >= 11 is 0. The van der Waals surface area contributed by atoms with Crippen molar-refractivity contribution >= 4 is 11.8 Å². The van der Waals surface area contributed by atoms with E-state index in [1.165, 1.54) is 12.8 Å². The highest BCUT2D eigenvalue weighted by molar-refractivity contribution is 5.94. The minimum atomic E-state index is -0.807. The van der Waals surface area contributed by atoms with E-state index in [2.05, 4.69) is 5.32 Å². The van der Waals surface area contributed by atoms with Crippen molar-refractivity contribution < 1.29 is 9.59 Å². The molecule has 1 atom stereocenters. The lowest BCUT2D eigenvalue weighted by Gasteiger charge is -2.49. The van der Waals surface area contributed by atoms with E-state index in [0.29, 0.717) is 6.42 Å². The Hall–Kier alpha value is -1.84. The maximum atomic E-state index is 12.7. The highest BCUT2D eigenvalue weighted by Crippen LogP contribution is 2.40. The van der Waals surface area contributed by atoms with E-state index >= 15 is 0 Å². The van der Waals surface area contributed by atoms with Crippen molar-refractivity contribution in [2.24, 2.45) is 0 Å². The fourth-order valence-electron chi connectivity index (χ4n) is 3.60. The van der Waals surface area contributed by atoms with Crippen LogP contribution in [0, 0.1) is 0 Å². The Bertz CT molecular complexity index is 562. The van der Waals surface area contributed by atoms with Gasteiger partial charge in [0.25, 0.3) is 0 Å². The number of amides is 2. The summed E-state index contributed by atoms with van der Waals surface area (Å²) in [5.41, 5.74) is 0.294. The van der Waals surface area contributed by atoms with Crippen LogP contribution in [0.1, 0.15) is 57.6 Å². The number of benzene rings is 1. The second-order valence-corrected chi connectivity index (χ2v) is 6.91. The predicted octanol–water partition coefficient (Wildman–Crippen LogP) is 2.80. The first kappa shape index (κ1) is 15.1. The zero-order chi connectivity index (χ0) is 15.7. The molecule has 4 nitrogen and oxygen atoms in total. The maximum Gasteiger partial charge on any atom is 0.245 e. The normalized spacial score (nSPS) is 22.5. The SMILES string of the molecule is CC(C)(C(=O)NC1CCCC1)N1C(=O)CC1c1ccccc1. The van der Waals surface area contributed by atoms with Crippen LogP contribution in [0.5, 0.6) is 0 Å². The minimum Gasteiger partial charge on any atom is -0.351 e. The first-order valence-corrected chi connectivity index (χ1v) is 8.18. The van der Waals surface area contributed by atoms with Gasteiger partial charge in [0.1, 0.15) is 5.54 Å². The molecular formula is C18H24N2O2. The molecule has 3 rings (SSSR count). The second-order valence-electron chi connectivity index (χ2n) is 6.91. The molecule has 1 saturated carbocycles. The van der Waals surface area contributed by atoms with Gasteiger partial charge in [-0.1, -0.05) is 43.2 Å². The molecule has 1 aliphatic carbocycles. The van der Waals surface area contributed by atoms with Gasteiger partial charge in [-0.15, -0.1) is 0 Å². The Morgan fingerprint density at radius 3 is 2.41 bits per heavy atom. The molecule has 0 spiro atoms. The number of nitrogens with one attached hydrogen (secondary N) is 1. The van der Waals surface area contributed by atoms with Gasteiger partial charge in [0, 0.05) is 6.04 Å². The Kier molecular flexibility index (Phi) is 3.94. The third kappa shape index (κ3) is 2.62. The minimum absolute atomic E-state index is 0.0121. The van der Waals surface area contributed by atoms with E-state index in [4.69, 9.17) is 0 Å². The zero-order valence-corrected chi connectivity index (χ0v) is 13.3. The monoisotopic (exact) mass is 300 g/mol. The average Bonchev–Trinajstić information content (AvgIpc) is 2.98. The summed E-state index contributed by atoms with van der Waals surface area (Å²) in [6, 6.07) is 10.2. The lowest BCUT2D eigenvalue weighted by molar-refractivity contribution is -0.162. The summed E-state index contributed by atoms with van der Waals surface area (Å²) in [5.74, 6) is 0.0220. The number of nitrogens with zero attached hydrogens (tertiary/aromatic N) is 1. The molecule has 2 aliphatic rings. The second kappa shape index (κ2) is 5.75. The fourth-order valence-corrected chi connectivity index (χ4v) is 3.60. The lowest BCUT2D eigenvalue weighted by atomic mass is 9.86. The van der Waals surface area contributed by atoms with Gasteiger partial charge in [-0.2, -0.15) is 0 Å². The van der Waals surface area contributed by atoms with Crippen LogP contribution in [0.4, 0.5) is 0 Å². The summed E-state index contributed by atoms with van der Waals surface area (Å²) in [5, 5.41) is 3.13. The van der Waals surface area contributed by atoms with E-state index in [9.17, 15) is 9.59 Å². The number of likely N-dealkylation sites (tertiary alicyclic amines) is 1. The number of carbonyl (C=O) groups is 2. The van der Waals surface area contributed by atoms with Gasteiger partial charge < -0.3 is 10.2 Å². The van der Waals surface area contributed by atoms with E-state index in [0.717, 1.165) is 18.4 Å². The van der Waals surface area contributed by atoms with Crippen molar-refractivity contribution in [3.05, 3.63) is 35.9 Å². The summed E-state index contributed by atoms with van der Waals surface area (Å²) in [4.78, 5) is 26.6. The molecule has 1 heterocycles. The van der Waals surface area contributed by atoms with Crippen LogP contribution in [-0.4, -0.2) is 28.3 Å². The standard InChI is InChI=1S/C18H24N2O2/c1-18(2,17(22)19-14-10-6-7-11-14)20-15(12-16(20)21)13-8-4-3-5-9-13/h3-5,8-9,14-15H,6-7,10-12H2,1-2H3,(H,19,22). The van der Waals surface area contributed by atoms with Crippen molar-refractivity contribution in [3.63, 3.8) is 0 Å². The highest BCUT2D eigenvalue weighted by Gasteiger charge is 2.49. The van der Waals surface area contributed by atoms with E-state index in [1.54, 1.807) is 4.90 Å². The number of hydrogen-bond donors (Lipinski definition) is 1. The van der Waals surface area contributed by atoms with Crippen LogP contribution >= 0.6 is 0 Å². The van der Waals surface area contributed by atoms with Crippen molar-refractivity contribution in [1.82, 2.24) is 10.2 Å². The average molecular weight is 300 g/mol. The molecule has 4 heteroatoms. The molecule has 0 bridgehead atoms. The highest BCUT2D eigenvalue weighted by atomic mass is 16.2. The molecule has 2 amide bonds. The molecule has 0 radical (unpaired) electrons. The summed E-state index contributed by atoms with van der Waals surface area (Å²) in [7, 11) is 0. The van der Waals surface area contributed by atoms with Crippen LogP contribution < -0.4 is 5.32 Å². The van der Waals surface area contributed by atoms with E-state index in [1.807, 2.05) is 44.2 Å². The van der Waals surface area contributed by atoms with Crippen molar-refractivity contribution in [1.29, 1.82) is 0 Å². The molecule has 1 aliphatic heterocycles.